The lowest BCUT2D eigenvalue weighted by molar-refractivity contribution is -0.159. The molecule has 1 aromatic rings. The maximum atomic E-state index is 10.9. The first-order chi connectivity index (χ1) is 11.9. The highest BCUT2D eigenvalue weighted by Crippen LogP contribution is 2.61. The first kappa shape index (κ1) is 18.7. The Kier molecular flexibility index (Phi) is 5.41. The van der Waals surface area contributed by atoms with Crippen molar-refractivity contribution in [3.05, 3.63) is 48.0 Å². The molecule has 0 amide bonds. The molecule has 1 fully saturated rings. The van der Waals surface area contributed by atoms with Crippen molar-refractivity contribution in [2.75, 3.05) is 6.61 Å². The number of hydrogen-bond acceptors (Lipinski definition) is 2. The van der Waals surface area contributed by atoms with Crippen molar-refractivity contribution in [3.8, 4) is 0 Å². The van der Waals surface area contributed by atoms with E-state index < -0.39 is 0 Å². The van der Waals surface area contributed by atoms with Gasteiger partial charge >= 0.3 is 0 Å². The monoisotopic (exact) mass is 342 g/mol. The average Bonchev–Trinajstić information content (AvgIpc) is 2.60. The molecule has 2 aliphatic rings. The van der Waals surface area contributed by atoms with Crippen LogP contribution in [0.3, 0.4) is 0 Å². The Labute approximate surface area is 153 Å². The van der Waals surface area contributed by atoms with E-state index in [1.54, 1.807) is 0 Å². The Bertz CT molecular complexity index is 595. The number of aliphatic hydroxyl groups excluding tert-OH is 1. The third-order valence-electron chi connectivity index (χ3n) is 7.64. The summed E-state index contributed by atoms with van der Waals surface area (Å²) in [7, 11) is 0. The van der Waals surface area contributed by atoms with E-state index >= 15 is 0 Å². The summed E-state index contributed by atoms with van der Waals surface area (Å²) in [6.07, 6.45) is 7.49. The molecule has 0 bridgehead atoms. The summed E-state index contributed by atoms with van der Waals surface area (Å²) in [5.74, 6) is 1.46. The van der Waals surface area contributed by atoms with Gasteiger partial charge in [0.2, 0.25) is 0 Å². The van der Waals surface area contributed by atoms with E-state index in [2.05, 4.69) is 64.1 Å². The van der Waals surface area contributed by atoms with Gasteiger partial charge in [-0.3, -0.25) is 0 Å². The molecule has 1 saturated carbocycles. The fourth-order valence-corrected chi connectivity index (χ4v) is 5.39. The minimum atomic E-state index is -0.203. The zero-order chi connectivity index (χ0) is 18.1. The summed E-state index contributed by atoms with van der Waals surface area (Å²) >= 11 is 0. The second-order valence-corrected chi connectivity index (χ2v) is 8.82. The van der Waals surface area contributed by atoms with Gasteiger partial charge in [-0.1, -0.05) is 70.2 Å². The third kappa shape index (κ3) is 3.31. The molecule has 1 N–H and O–H groups in total. The number of aliphatic hydroxyl groups is 1. The topological polar surface area (TPSA) is 29.5 Å². The normalized spacial score (nSPS) is 40.7. The smallest absolute Gasteiger partial charge is 0.0716 e. The molecule has 138 valence electrons. The second kappa shape index (κ2) is 7.25. The van der Waals surface area contributed by atoms with Gasteiger partial charge in [0.15, 0.2) is 0 Å². The highest BCUT2D eigenvalue weighted by Gasteiger charge is 2.57. The minimum Gasteiger partial charge on any atom is -0.393 e. The van der Waals surface area contributed by atoms with E-state index in [1.165, 1.54) is 5.56 Å². The summed E-state index contributed by atoms with van der Waals surface area (Å²) in [6, 6.07) is 10.4. The van der Waals surface area contributed by atoms with Crippen LogP contribution in [0.4, 0.5) is 0 Å². The van der Waals surface area contributed by atoms with Crippen LogP contribution in [0.2, 0.25) is 0 Å². The van der Waals surface area contributed by atoms with Crippen LogP contribution in [0.25, 0.3) is 0 Å². The molecule has 0 saturated heterocycles. The van der Waals surface area contributed by atoms with Crippen LogP contribution >= 0.6 is 0 Å². The van der Waals surface area contributed by atoms with Crippen LogP contribution in [0.5, 0.6) is 0 Å². The SMILES string of the molecule is C[C@@H]1C[C@@H](O)[C@@]2(C)[C@@H](C)C=CC[C@H]2[C@]1(C)CCOCc1ccccc1. The molecular weight excluding hydrogens is 308 g/mol. The number of fused-ring (bicyclic) bond motifs is 1. The maximum absolute atomic E-state index is 10.9. The van der Waals surface area contributed by atoms with Gasteiger partial charge in [0.25, 0.3) is 0 Å². The Morgan fingerprint density at radius 3 is 2.60 bits per heavy atom. The van der Waals surface area contributed by atoms with Crippen molar-refractivity contribution >= 4 is 0 Å². The van der Waals surface area contributed by atoms with Gasteiger partial charge in [-0.15, -0.1) is 0 Å². The van der Waals surface area contributed by atoms with E-state index in [0.29, 0.717) is 24.4 Å². The van der Waals surface area contributed by atoms with Crippen LogP contribution < -0.4 is 0 Å². The fraction of sp³-hybridized carbons (Fsp3) is 0.652. The van der Waals surface area contributed by atoms with Gasteiger partial charge in [0, 0.05) is 12.0 Å². The zero-order valence-corrected chi connectivity index (χ0v) is 16.2. The van der Waals surface area contributed by atoms with Crippen molar-refractivity contribution in [3.63, 3.8) is 0 Å². The van der Waals surface area contributed by atoms with Crippen molar-refractivity contribution in [2.24, 2.45) is 28.6 Å². The lowest BCUT2D eigenvalue weighted by atomic mass is 9.45. The molecule has 0 radical (unpaired) electrons. The lowest BCUT2D eigenvalue weighted by Gasteiger charge is -2.60. The Hall–Kier alpha value is -1.12. The average molecular weight is 343 g/mol. The Balaban J connectivity index is 1.68. The molecule has 0 heterocycles. The summed E-state index contributed by atoms with van der Waals surface area (Å²) in [4.78, 5) is 0. The van der Waals surface area contributed by atoms with Crippen LogP contribution in [0.1, 0.15) is 52.5 Å². The predicted molar refractivity (Wildman–Crippen MR) is 103 cm³/mol. The molecular formula is C23H34O2. The van der Waals surface area contributed by atoms with Crippen molar-refractivity contribution < 1.29 is 9.84 Å². The van der Waals surface area contributed by atoms with E-state index in [0.717, 1.165) is 25.9 Å². The van der Waals surface area contributed by atoms with Gasteiger partial charge in [-0.05, 0) is 48.0 Å². The lowest BCUT2D eigenvalue weighted by Crippen LogP contribution is -2.58. The molecule has 0 spiro atoms. The van der Waals surface area contributed by atoms with Gasteiger partial charge in [0.1, 0.15) is 0 Å². The van der Waals surface area contributed by atoms with Gasteiger partial charge in [-0.25, -0.2) is 0 Å². The first-order valence-corrected chi connectivity index (χ1v) is 9.85. The first-order valence-electron chi connectivity index (χ1n) is 9.85. The molecule has 0 aliphatic heterocycles. The molecule has 0 aromatic heterocycles. The van der Waals surface area contributed by atoms with Crippen molar-refractivity contribution in [1.29, 1.82) is 0 Å². The van der Waals surface area contributed by atoms with E-state index in [1.807, 2.05) is 6.07 Å². The number of ether oxygens (including phenoxy) is 1. The second-order valence-electron chi connectivity index (χ2n) is 8.82. The van der Waals surface area contributed by atoms with E-state index in [4.69, 9.17) is 4.74 Å². The van der Waals surface area contributed by atoms with Crippen molar-refractivity contribution in [1.82, 2.24) is 0 Å². The van der Waals surface area contributed by atoms with E-state index in [9.17, 15) is 5.11 Å². The Morgan fingerprint density at radius 1 is 1.16 bits per heavy atom. The highest BCUT2D eigenvalue weighted by molar-refractivity contribution is 5.15. The zero-order valence-electron chi connectivity index (χ0n) is 16.2. The van der Waals surface area contributed by atoms with Gasteiger partial charge < -0.3 is 9.84 Å². The van der Waals surface area contributed by atoms with Crippen molar-refractivity contribution in [2.45, 2.75) is 59.7 Å². The van der Waals surface area contributed by atoms with Gasteiger partial charge in [0.05, 0.1) is 12.7 Å². The number of benzene rings is 1. The van der Waals surface area contributed by atoms with Crippen LogP contribution in [0, 0.1) is 28.6 Å². The summed E-state index contributed by atoms with van der Waals surface area (Å²) in [5, 5.41) is 10.9. The molecule has 25 heavy (non-hydrogen) atoms. The highest BCUT2D eigenvalue weighted by atomic mass is 16.5. The number of rotatable bonds is 5. The summed E-state index contributed by atoms with van der Waals surface area (Å²) in [6.45, 7) is 10.8. The maximum Gasteiger partial charge on any atom is 0.0716 e. The largest absolute Gasteiger partial charge is 0.393 e. The quantitative estimate of drug-likeness (QED) is 0.587. The van der Waals surface area contributed by atoms with E-state index in [-0.39, 0.29) is 16.9 Å². The molecule has 1 aromatic carbocycles. The molecule has 6 atom stereocenters. The van der Waals surface area contributed by atoms with Crippen LogP contribution in [0.15, 0.2) is 42.5 Å². The standard InChI is InChI=1S/C23H34O2/c1-17-9-8-12-20-22(3,18(2)15-21(24)23(17,20)4)13-14-25-16-19-10-6-5-7-11-19/h5-11,17-18,20-21,24H,12-16H2,1-4H3/t17-,18+,20-,21+,22+,23-/m0/s1. The van der Waals surface area contributed by atoms with Crippen LogP contribution in [-0.2, 0) is 11.3 Å². The molecule has 2 heteroatoms. The van der Waals surface area contributed by atoms with Crippen LogP contribution in [-0.4, -0.2) is 17.8 Å². The molecule has 2 aliphatic carbocycles. The minimum absolute atomic E-state index is 0.0184. The molecule has 3 rings (SSSR count). The third-order valence-corrected chi connectivity index (χ3v) is 7.64. The summed E-state index contributed by atoms with van der Waals surface area (Å²) < 4.78 is 6.02. The fourth-order valence-electron chi connectivity index (χ4n) is 5.39. The number of hydrogen-bond donors (Lipinski definition) is 1. The Morgan fingerprint density at radius 2 is 1.88 bits per heavy atom. The molecule has 0 unspecified atom stereocenters. The van der Waals surface area contributed by atoms with Gasteiger partial charge in [-0.2, -0.15) is 0 Å². The molecule has 2 nitrogen and oxygen atoms in total. The number of allylic oxidation sites excluding steroid dienone is 2. The predicted octanol–water partition coefficient (Wildman–Crippen LogP) is 5.22. The summed E-state index contributed by atoms with van der Waals surface area (Å²) in [5.41, 5.74) is 1.43.